The number of aliphatic hydroxyl groups excluding tert-OH is 1. The van der Waals surface area contributed by atoms with E-state index < -0.39 is 16.7 Å². The Kier molecular flexibility index (Phi) is 3.10. The molecule has 0 saturated carbocycles. The van der Waals surface area contributed by atoms with Crippen molar-refractivity contribution >= 4 is 11.8 Å². The van der Waals surface area contributed by atoms with Crippen LogP contribution in [-0.4, -0.2) is 40.0 Å². The number of hydrogen-bond donors (Lipinski definition) is 1. The zero-order valence-corrected chi connectivity index (χ0v) is 9.04. The van der Waals surface area contributed by atoms with Crippen LogP contribution in [0, 0.1) is 10.1 Å². The molecule has 2 heterocycles. The summed E-state index contributed by atoms with van der Waals surface area (Å²) in [5.74, 6) is -0.917. The van der Waals surface area contributed by atoms with Crippen molar-refractivity contribution in [1.82, 2.24) is 4.90 Å². The summed E-state index contributed by atoms with van der Waals surface area (Å²) in [6.45, 7) is 0.438. The maximum Gasteiger partial charge on any atom is 0.433 e. The highest BCUT2D eigenvalue weighted by molar-refractivity contribution is 5.92. The third-order valence-electron chi connectivity index (χ3n) is 2.83. The molecule has 1 aromatic rings. The van der Waals surface area contributed by atoms with Crippen LogP contribution in [0.2, 0.25) is 0 Å². The summed E-state index contributed by atoms with van der Waals surface area (Å²) in [6, 6.07) is 2.22. The van der Waals surface area contributed by atoms with Gasteiger partial charge in [0.15, 0.2) is 5.76 Å². The van der Waals surface area contributed by atoms with E-state index >= 15 is 0 Å². The maximum atomic E-state index is 12.0. The minimum Gasteiger partial charge on any atom is -0.395 e. The van der Waals surface area contributed by atoms with Crippen molar-refractivity contribution in [2.75, 3.05) is 13.2 Å². The highest BCUT2D eigenvalue weighted by Gasteiger charge is 2.31. The SMILES string of the molecule is O=C(c1ccc([N+](=O)[O-])o1)N1CCC[C@@H]1CO. The van der Waals surface area contributed by atoms with E-state index in [1.54, 1.807) is 0 Å². The summed E-state index contributed by atoms with van der Waals surface area (Å²) < 4.78 is 4.84. The Morgan fingerprint density at radius 1 is 1.65 bits per heavy atom. The Balaban J connectivity index is 2.16. The number of aliphatic hydroxyl groups is 1. The lowest BCUT2D eigenvalue weighted by molar-refractivity contribution is -0.402. The Morgan fingerprint density at radius 3 is 3.00 bits per heavy atom. The first-order valence-electron chi connectivity index (χ1n) is 5.29. The van der Waals surface area contributed by atoms with Gasteiger partial charge in [-0.2, -0.15) is 0 Å². The lowest BCUT2D eigenvalue weighted by Crippen LogP contribution is -2.37. The quantitative estimate of drug-likeness (QED) is 0.622. The number of likely N-dealkylation sites (tertiary alicyclic amines) is 1. The smallest absolute Gasteiger partial charge is 0.395 e. The van der Waals surface area contributed by atoms with Crippen molar-refractivity contribution in [2.45, 2.75) is 18.9 Å². The predicted molar refractivity (Wildman–Crippen MR) is 56.5 cm³/mol. The van der Waals surface area contributed by atoms with Crippen LogP contribution in [0.15, 0.2) is 16.5 Å². The van der Waals surface area contributed by atoms with Crippen molar-refractivity contribution in [2.24, 2.45) is 0 Å². The molecular formula is C10H12N2O5. The first-order valence-corrected chi connectivity index (χ1v) is 5.29. The number of amides is 1. The molecule has 0 bridgehead atoms. The molecule has 0 aliphatic carbocycles. The standard InChI is InChI=1S/C10H12N2O5/c13-6-7-2-1-5-11(7)10(14)8-3-4-9(17-8)12(15)16/h3-4,7,13H,1-2,5-6H2/t7-/m1/s1. The Bertz CT molecular complexity index is 442. The van der Waals surface area contributed by atoms with Crippen LogP contribution in [0.4, 0.5) is 5.88 Å². The molecule has 1 saturated heterocycles. The number of carbonyl (C=O) groups excluding carboxylic acids is 1. The molecule has 1 N–H and O–H groups in total. The van der Waals surface area contributed by atoms with Crippen LogP contribution in [0.25, 0.3) is 0 Å². The molecule has 1 amide bonds. The van der Waals surface area contributed by atoms with Crippen molar-refractivity contribution in [3.63, 3.8) is 0 Å². The number of nitrogens with zero attached hydrogens (tertiary/aromatic N) is 2. The highest BCUT2D eigenvalue weighted by Crippen LogP contribution is 2.22. The lowest BCUT2D eigenvalue weighted by Gasteiger charge is -2.21. The van der Waals surface area contributed by atoms with Gasteiger partial charge in [0.1, 0.15) is 4.92 Å². The molecule has 1 aromatic heterocycles. The van der Waals surface area contributed by atoms with E-state index in [1.807, 2.05) is 0 Å². The third kappa shape index (κ3) is 2.14. The molecule has 1 atom stereocenters. The molecule has 0 spiro atoms. The van der Waals surface area contributed by atoms with E-state index in [1.165, 1.54) is 11.0 Å². The molecule has 7 heteroatoms. The average molecular weight is 240 g/mol. The third-order valence-corrected chi connectivity index (χ3v) is 2.83. The number of carbonyl (C=O) groups is 1. The van der Waals surface area contributed by atoms with Gasteiger partial charge in [-0.25, -0.2) is 0 Å². The van der Waals surface area contributed by atoms with E-state index in [0.29, 0.717) is 6.54 Å². The lowest BCUT2D eigenvalue weighted by atomic mass is 10.2. The highest BCUT2D eigenvalue weighted by atomic mass is 16.6. The number of rotatable bonds is 3. The van der Waals surface area contributed by atoms with Gasteiger partial charge in [0.25, 0.3) is 5.91 Å². The Morgan fingerprint density at radius 2 is 2.41 bits per heavy atom. The summed E-state index contributed by atoms with van der Waals surface area (Å²) in [7, 11) is 0. The van der Waals surface area contributed by atoms with Crippen LogP contribution in [0.1, 0.15) is 23.4 Å². The minimum atomic E-state index is -0.690. The van der Waals surface area contributed by atoms with Gasteiger partial charge in [-0.05, 0) is 18.9 Å². The Labute approximate surface area is 96.8 Å². The van der Waals surface area contributed by atoms with Gasteiger partial charge < -0.3 is 14.4 Å². The van der Waals surface area contributed by atoms with Gasteiger partial charge in [0.2, 0.25) is 0 Å². The van der Waals surface area contributed by atoms with E-state index in [9.17, 15) is 14.9 Å². The zero-order valence-electron chi connectivity index (χ0n) is 9.04. The van der Waals surface area contributed by atoms with Crippen LogP contribution in [0.3, 0.4) is 0 Å². The van der Waals surface area contributed by atoms with E-state index in [2.05, 4.69) is 0 Å². The van der Waals surface area contributed by atoms with Crippen molar-refractivity contribution in [3.8, 4) is 0 Å². The summed E-state index contributed by atoms with van der Waals surface area (Å²) in [4.78, 5) is 23.2. The van der Waals surface area contributed by atoms with Crippen molar-refractivity contribution < 1.29 is 19.2 Å². The fourth-order valence-corrected chi connectivity index (χ4v) is 1.98. The summed E-state index contributed by atoms with van der Waals surface area (Å²) >= 11 is 0. The van der Waals surface area contributed by atoms with Crippen LogP contribution >= 0.6 is 0 Å². The second kappa shape index (κ2) is 4.54. The molecule has 7 nitrogen and oxygen atoms in total. The largest absolute Gasteiger partial charge is 0.433 e. The van der Waals surface area contributed by atoms with Crippen molar-refractivity contribution in [1.29, 1.82) is 0 Å². The average Bonchev–Trinajstić information content (AvgIpc) is 2.96. The van der Waals surface area contributed by atoms with Crippen LogP contribution in [0.5, 0.6) is 0 Å². The minimum absolute atomic E-state index is 0.0583. The molecule has 1 aliphatic rings. The van der Waals surface area contributed by atoms with E-state index in [0.717, 1.165) is 18.9 Å². The van der Waals surface area contributed by atoms with Gasteiger partial charge in [-0.3, -0.25) is 14.9 Å². The topological polar surface area (TPSA) is 96.8 Å². The summed E-state index contributed by atoms with van der Waals surface area (Å²) in [5, 5.41) is 19.5. The molecule has 92 valence electrons. The molecule has 0 unspecified atom stereocenters. The molecule has 2 rings (SSSR count). The number of nitro groups is 1. The molecular weight excluding hydrogens is 228 g/mol. The van der Waals surface area contributed by atoms with Gasteiger partial charge in [0.05, 0.1) is 18.7 Å². The van der Waals surface area contributed by atoms with Gasteiger partial charge in [0, 0.05) is 6.54 Å². The van der Waals surface area contributed by atoms with Gasteiger partial charge >= 0.3 is 5.88 Å². The monoisotopic (exact) mass is 240 g/mol. The molecule has 17 heavy (non-hydrogen) atoms. The number of hydrogen-bond acceptors (Lipinski definition) is 5. The van der Waals surface area contributed by atoms with Crippen LogP contribution < -0.4 is 0 Å². The number of furan rings is 1. The molecule has 1 aliphatic heterocycles. The fraction of sp³-hybridized carbons (Fsp3) is 0.500. The van der Waals surface area contributed by atoms with Crippen molar-refractivity contribution in [3.05, 3.63) is 28.0 Å². The zero-order chi connectivity index (χ0) is 12.4. The first kappa shape index (κ1) is 11.6. The molecule has 1 fully saturated rings. The summed E-state index contributed by atoms with van der Waals surface area (Å²) in [6.07, 6.45) is 1.56. The van der Waals surface area contributed by atoms with Crippen LogP contribution in [-0.2, 0) is 0 Å². The van der Waals surface area contributed by atoms with Gasteiger partial charge in [-0.15, -0.1) is 0 Å². The first-order chi connectivity index (χ1) is 8.13. The molecule has 0 aromatic carbocycles. The van der Waals surface area contributed by atoms with E-state index in [4.69, 9.17) is 9.52 Å². The maximum absolute atomic E-state index is 12.0. The Hall–Kier alpha value is -1.89. The molecule has 0 radical (unpaired) electrons. The van der Waals surface area contributed by atoms with E-state index in [-0.39, 0.29) is 18.4 Å². The predicted octanol–water partition coefficient (Wildman–Crippen LogP) is 0.785. The second-order valence-electron chi connectivity index (χ2n) is 3.87. The second-order valence-corrected chi connectivity index (χ2v) is 3.87. The normalized spacial score (nSPS) is 19.6. The fourth-order valence-electron chi connectivity index (χ4n) is 1.98. The summed E-state index contributed by atoms with van der Waals surface area (Å²) in [5.41, 5.74) is 0. The van der Waals surface area contributed by atoms with Gasteiger partial charge in [-0.1, -0.05) is 0 Å².